The number of nitrogens with zero attached hydrogens (tertiary/aromatic N) is 2. The standard InChI is InChI=1S/C15H18N2O3/c1-16-10-14(19-2)12-9-11(3-4-13(12)16)15(18)17-5-7-20-8-6-17/h3-4,9-10H,5-8H2,1-2H3. The molecule has 0 saturated carbocycles. The van der Waals surface area contributed by atoms with Gasteiger partial charge in [-0.25, -0.2) is 0 Å². The molecular formula is C15H18N2O3. The van der Waals surface area contributed by atoms with Crippen LogP contribution in [0.3, 0.4) is 0 Å². The van der Waals surface area contributed by atoms with E-state index >= 15 is 0 Å². The topological polar surface area (TPSA) is 43.7 Å². The maximum absolute atomic E-state index is 12.5. The highest BCUT2D eigenvalue weighted by atomic mass is 16.5. The molecule has 2 aromatic rings. The van der Waals surface area contributed by atoms with Gasteiger partial charge in [0.1, 0.15) is 5.75 Å². The first-order chi connectivity index (χ1) is 9.70. The van der Waals surface area contributed by atoms with Gasteiger partial charge in [-0.3, -0.25) is 4.79 Å². The quantitative estimate of drug-likeness (QED) is 0.836. The summed E-state index contributed by atoms with van der Waals surface area (Å²) in [5.41, 5.74) is 1.75. The molecule has 5 nitrogen and oxygen atoms in total. The number of aromatic nitrogens is 1. The molecule has 1 amide bonds. The Morgan fingerprint density at radius 1 is 1.30 bits per heavy atom. The van der Waals surface area contributed by atoms with E-state index in [4.69, 9.17) is 9.47 Å². The van der Waals surface area contributed by atoms with E-state index in [1.807, 2.05) is 40.9 Å². The zero-order valence-corrected chi connectivity index (χ0v) is 11.8. The summed E-state index contributed by atoms with van der Waals surface area (Å²) >= 11 is 0. The lowest BCUT2D eigenvalue weighted by Gasteiger charge is -2.26. The molecule has 0 radical (unpaired) electrons. The number of aryl methyl sites for hydroxylation is 1. The molecule has 1 aliphatic heterocycles. The molecule has 1 aromatic carbocycles. The van der Waals surface area contributed by atoms with Crippen molar-refractivity contribution in [3.8, 4) is 5.75 Å². The average molecular weight is 274 g/mol. The van der Waals surface area contributed by atoms with Crippen molar-refractivity contribution in [2.75, 3.05) is 33.4 Å². The molecule has 1 aliphatic rings. The van der Waals surface area contributed by atoms with Gasteiger partial charge < -0.3 is 18.9 Å². The van der Waals surface area contributed by atoms with Crippen LogP contribution in [0.4, 0.5) is 0 Å². The van der Waals surface area contributed by atoms with E-state index in [2.05, 4.69) is 0 Å². The molecule has 20 heavy (non-hydrogen) atoms. The summed E-state index contributed by atoms with van der Waals surface area (Å²) in [6, 6.07) is 5.75. The Morgan fingerprint density at radius 3 is 2.75 bits per heavy atom. The fourth-order valence-electron chi connectivity index (χ4n) is 2.60. The van der Waals surface area contributed by atoms with Gasteiger partial charge in [0.05, 0.1) is 25.8 Å². The molecule has 0 spiro atoms. The SMILES string of the molecule is COc1cn(C)c2ccc(C(=O)N3CCOCC3)cc12. The molecule has 2 heterocycles. The van der Waals surface area contributed by atoms with Gasteiger partial charge in [-0.15, -0.1) is 0 Å². The number of morpholine rings is 1. The average Bonchev–Trinajstić information content (AvgIpc) is 2.83. The molecule has 3 rings (SSSR count). The Kier molecular flexibility index (Phi) is 3.36. The van der Waals surface area contributed by atoms with Crippen molar-refractivity contribution in [3.05, 3.63) is 30.0 Å². The van der Waals surface area contributed by atoms with Crippen LogP contribution in [0, 0.1) is 0 Å². The second-order valence-electron chi connectivity index (χ2n) is 4.94. The number of methoxy groups -OCH3 is 1. The van der Waals surface area contributed by atoms with E-state index in [0.717, 1.165) is 16.7 Å². The van der Waals surface area contributed by atoms with E-state index in [0.29, 0.717) is 31.9 Å². The van der Waals surface area contributed by atoms with E-state index < -0.39 is 0 Å². The summed E-state index contributed by atoms with van der Waals surface area (Å²) in [6.45, 7) is 2.54. The molecule has 0 unspecified atom stereocenters. The van der Waals surface area contributed by atoms with Gasteiger partial charge in [0.25, 0.3) is 5.91 Å². The van der Waals surface area contributed by atoms with Crippen LogP contribution in [0.2, 0.25) is 0 Å². The summed E-state index contributed by atoms with van der Waals surface area (Å²) in [5.74, 6) is 0.847. The minimum Gasteiger partial charge on any atom is -0.495 e. The van der Waals surface area contributed by atoms with Gasteiger partial charge in [-0.1, -0.05) is 0 Å². The lowest BCUT2D eigenvalue weighted by molar-refractivity contribution is 0.0303. The Labute approximate surface area is 117 Å². The zero-order chi connectivity index (χ0) is 14.1. The monoisotopic (exact) mass is 274 g/mol. The number of hydrogen-bond donors (Lipinski definition) is 0. The van der Waals surface area contributed by atoms with Crippen LogP contribution in [-0.2, 0) is 11.8 Å². The van der Waals surface area contributed by atoms with Crippen LogP contribution >= 0.6 is 0 Å². The van der Waals surface area contributed by atoms with Crippen molar-refractivity contribution in [2.24, 2.45) is 7.05 Å². The Balaban J connectivity index is 1.97. The van der Waals surface area contributed by atoms with Crippen molar-refractivity contribution in [1.82, 2.24) is 9.47 Å². The lowest BCUT2D eigenvalue weighted by Crippen LogP contribution is -2.40. The van der Waals surface area contributed by atoms with Crippen LogP contribution < -0.4 is 4.74 Å². The highest BCUT2D eigenvalue weighted by Crippen LogP contribution is 2.28. The molecule has 0 aliphatic carbocycles. The van der Waals surface area contributed by atoms with Gasteiger partial charge in [0.2, 0.25) is 0 Å². The number of hydrogen-bond acceptors (Lipinski definition) is 3. The molecule has 1 saturated heterocycles. The summed E-state index contributed by atoms with van der Waals surface area (Å²) in [6.07, 6.45) is 1.92. The number of amides is 1. The maximum atomic E-state index is 12.5. The third kappa shape index (κ3) is 2.14. The van der Waals surface area contributed by atoms with Crippen LogP contribution in [0.5, 0.6) is 5.75 Å². The predicted molar refractivity (Wildman–Crippen MR) is 76.2 cm³/mol. The fraction of sp³-hybridized carbons (Fsp3) is 0.400. The van der Waals surface area contributed by atoms with Gasteiger partial charge in [-0.05, 0) is 18.2 Å². The van der Waals surface area contributed by atoms with Gasteiger partial charge >= 0.3 is 0 Å². The maximum Gasteiger partial charge on any atom is 0.254 e. The van der Waals surface area contributed by atoms with E-state index in [9.17, 15) is 4.79 Å². The largest absolute Gasteiger partial charge is 0.495 e. The smallest absolute Gasteiger partial charge is 0.254 e. The first-order valence-electron chi connectivity index (χ1n) is 6.71. The molecule has 0 atom stereocenters. The summed E-state index contributed by atoms with van der Waals surface area (Å²) in [5, 5.41) is 0.967. The second kappa shape index (κ2) is 5.17. The minimum absolute atomic E-state index is 0.0566. The van der Waals surface area contributed by atoms with E-state index in [-0.39, 0.29) is 5.91 Å². The van der Waals surface area contributed by atoms with Crippen molar-refractivity contribution >= 4 is 16.8 Å². The summed E-state index contributed by atoms with van der Waals surface area (Å²) in [4.78, 5) is 14.3. The third-order valence-electron chi connectivity index (χ3n) is 3.72. The zero-order valence-electron chi connectivity index (χ0n) is 11.8. The number of carbonyl (C=O) groups excluding carboxylic acids is 1. The number of benzene rings is 1. The summed E-state index contributed by atoms with van der Waals surface area (Å²) < 4.78 is 12.6. The predicted octanol–water partition coefficient (Wildman–Crippen LogP) is 1.66. The van der Waals surface area contributed by atoms with Crippen LogP contribution in [-0.4, -0.2) is 48.8 Å². The fourth-order valence-corrected chi connectivity index (χ4v) is 2.60. The molecule has 0 N–H and O–H groups in total. The highest BCUT2D eigenvalue weighted by molar-refractivity contribution is 5.99. The van der Waals surface area contributed by atoms with Crippen LogP contribution in [0.25, 0.3) is 10.9 Å². The number of rotatable bonds is 2. The number of ether oxygens (including phenoxy) is 2. The Morgan fingerprint density at radius 2 is 2.05 bits per heavy atom. The van der Waals surface area contributed by atoms with Crippen LogP contribution in [0.15, 0.2) is 24.4 Å². The molecule has 5 heteroatoms. The lowest BCUT2D eigenvalue weighted by atomic mass is 10.1. The Bertz CT molecular complexity index is 642. The van der Waals surface area contributed by atoms with Gasteiger partial charge in [0, 0.05) is 37.3 Å². The van der Waals surface area contributed by atoms with Gasteiger partial charge in [-0.2, -0.15) is 0 Å². The number of carbonyl (C=O) groups is 1. The van der Waals surface area contributed by atoms with Crippen molar-refractivity contribution < 1.29 is 14.3 Å². The highest BCUT2D eigenvalue weighted by Gasteiger charge is 2.19. The van der Waals surface area contributed by atoms with Crippen molar-refractivity contribution in [1.29, 1.82) is 0 Å². The molecule has 106 valence electrons. The Hall–Kier alpha value is -2.01. The van der Waals surface area contributed by atoms with Crippen molar-refractivity contribution in [3.63, 3.8) is 0 Å². The molecular weight excluding hydrogens is 256 g/mol. The molecule has 1 fully saturated rings. The minimum atomic E-state index is 0.0566. The van der Waals surface area contributed by atoms with E-state index in [1.54, 1.807) is 7.11 Å². The first-order valence-corrected chi connectivity index (χ1v) is 6.71. The molecule has 1 aromatic heterocycles. The summed E-state index contributed by atoms with van der Waals surface area (Å²) in [7, 11) is 3.61. The third-order valence-corrected chi connectivity index (χ3v) is 3.72. The second-order valence-corrected chi connectivity index (χ2v) is 4.94. The van der Waals surface area contributed by atoms with E-state index in [1.165, 1.54) is 0 Å². The molecule has 0 bridgehead atoms. The first kappa shape index (κ1) is 13.0. The van der Waals surface area contributed by atoms with Crippen LogP contribution in [0.1, 0.15) is 10.4 Å². The number of fused-ring (bicyclic) bond motifs is 1. The normalized spacial score (nSPS) is 15.6. The van der Waals surface area contributed by atoms with Crippen molar-refractivity contribution in [2.45, 2.75) is 0 Å². The van der Waals surface area contributed by atoms with Gasteiger partial charge in [0.15, 0.2) is 0 Å².